The quantitative estimate of drug-likeness (QED) is 0.826. The van der Waals surface area contributed by atoms with Gasteiger partial charge in [-0.2, -0.15) is 0 Å². The van der Waals surface area contributed by atoms with Gasteiger partial charge in [-0.25, -0.2) is 8.78 Å². The van der Waals surface area contributed by atoms with Crippen molar-refractivity contribution >= 4 is 17.3 Å². The molecule has 0 spiro atoms. The topological polar surface area (TPSA) is 55.1 Å². The summed E-state index contributed by atoms with van der Waals surface area (Å²) < 4.78 is 27.4. The molecular weight excluding hydrogens is 262 g/mol. The molecule has 0 fully saturated rings. The van der Waals surface area contributed by atoms with E-state index >= 15 is 0 Å². The molecule has 2 aromatic rings. The number of hydrogen-bond donors (Lipinski definition) is 2. The number of nitrogen functional groups attached to an aromatic ring is 1. The summed E-state index contributed by atoms with van der Waals surface area (Å²) in [7, 11) is 0. The predicted octanol–water partition coefficient (Wildman–Crippen LogP) is 3.42. The van der Waals surface area contributed by atoms with Crippen molar-refractivity contribution in [3.8, 4) is 0 Å². The van der Waals surface area contributed by atoms with Crippen LogP contribution in [-0.4, -0.2) is 5.91 Å². The van der Waals surface area contributed by atoms with Crippen LogP contribution in [0.25, 0.3) is 0 Å². The van der Waals surface area contributed by atoms with Gasteiger partial charge in [0, 0.05) is 5.69 Å². The Balaban J connectivity index is 2.38. The molecule has 1 amide bonds. The first-order valence-electron chi connectivity index (χ1n) is 6.02. The van der Waals surface area contributed by atoms with Gasteiger partial charge in [-0.1, -0.05) is 17.7 Å². The molecule has 2 aromatic carbocycles. The van der Waals surface area contributed by atoms with Crippen molar-refractivity contribution in [3.05, 3.63) is 58.7 Å². The Labute approximate surface area is 115 Å². The Bertz CT molecular complexity index is 684. The van der Waals surface area contributed by atoms with E-state index in [1.807, 2.05) is 0 Å². The maximum atomic E-state index is 13.8. The molecule has 0 radical (unpaired) electrons. The zero-order chi connectivity index (χ0) is 14.9. The van der Waals surface area contributed by atoms with E-state index in [1.54, 1.807) is 25.1 Å². The van der Waals surface area contributed by atoms with Gasteiger partial charge in [0.25, 0.3) is 5.91 Å². The van der Waals surface area contributed by atoms with Crippen molar-refractivity contribution < 1.29 is 13.6 Å². The van der Waals surface area contributed by atoms with E-state index in [1.165, 1.54) is 13.0 Å². The number of carbonyl (C=O) groups excluding carboxylic acids is 1. The summed E-state index contributed by atoms with van der Waals surface area (Å²) in [6.45, 7) is 3.29. The molecule has 20 heavy (non-hydrogen) atoms. The lowest BCUT2D eigenvalue weighted by Gasteiger charge is -2.11. The Morgan fingerprint density at radius 2 is 1.85 bits per heavy atom. The van der Waals surface area contributed by atoms with Crippen LogP contribution in [0.1, 0.15) is 21.5 Å². The Kier molecular flexibility index (Phi) is 3.70. The van der Waals surface area contributed by atoms with Gasteiger partial charge < -0.3 is 11.1 Å². The highest BCUT2D eigenvalue weighted by Gasteiger charge is 2.17. The monoisotopic (exact) mass is 276 g/mol. The van der Waals surface area contributed by atoms with E-state index in [0.717, 1.165) is 11.6 Å². The number of halogens is 2. The standard InChI is InChI=1S/C15H14F2N2O/c1-8-3-6-12(18)10(7-8)15(20)19-14-11(16)5-4-9(2)13(14)17/h3-7H,18H2,1-2H3,(H,19,20). The zero-order valence-corrected chi connectivity index (χ0v) is 11.1. The van der Waals surface area contributed by atoms with Crippen LogP contribution in [-0.2, 0) is 0 Å². The van der Waals surface area contributed by atoms with E-state index in [-0.39, 0.29) is 16.8 Å². The fourth-order valence-electron chi connectivity index (χ4n) is 1.82. The molecule has 0 atom stereocenters. The molecule has 5 heteroatoms. The summed E-state index contributed by atoms with van der Waals surface area (Å²) in [5.41, 5.74) is 6.75. The third-order valence-electron chi connectivity index (χ3n) is 2.98. The fraction of sp³-hybridized carbons (Fsp3) is 0.133. The number of amides is 1. The van der Waals surface area contributed by atoms with Crippen LogP contribution < -0.4 is 11.1 Å². The molecule has 3 N–H and O–H groups in total. The van der Waals surface area contributed by atoms with Crippen LogP contribution in [0.3, 0.4) is 0 Å². The molecular formula is C15H14F2N2O. The van der Waals surface area contributed by atoms with Gasteiger partial charge in [0.2, 0.25) is 0 Å². The van der Waals surface area contributed by atoms with Crippen LogP contribution in [0.2, 0.25) is 0 Å². The maximum absolute atomic E-state index is 13.8. The van der Waals surface area contributed by atoms with Gasteiger partial charge in [-0.05, 0) is 37.6 Å². The molecule has 0 aliphatic carbocycles. The van der Waals surface area contributed by atoms with Crippen molar-refractivity contribution in [2.24, 2.45) is 0 Å². The second-order valence-corrected chi connectivity index (χ2v) is 4.60. The molecule has 0 bridgehead atoms. The molecule has 3 nitrogen and oxygen atoms in total. The Morgan fingerprint density at radius 3 is 2.55 bits per heavy atom. The summed E-state index contributed by atoms with van der Waals surface area (Å²) in [5.74, 6) is -2.26. The minimum atomic E-state index is -0.826. The van der Waals surface area contributed by atoms with Gasteiger partial charge in [0.15, 0.2) is 5.82 Å². The second-order valence-electron chi connectivity index (χ2n) is 4.60. The lowest BCUT2D eigenvalue weighted by molar-refractivity contribution is 0.102. The van der Waals surface area contributed by atoms with Gasteiger partial charge in [-0.3, -0.25) is 4.79 Å². The minimum absolute atomic E-state index is 0.185. The van der Waals surface area contributed by atoms with Crippen molar-refractivity contribution in [1.82, 2.24) is 0 Å². The summed E-state index contributed by atoms with van der Waals surface area (Å²) in [6.07, 6.45) is 0. The number of carbonyl (C=O) groups is 1. The second kappa shape index (κ2) is 5.28. The van der Waals surface area contributed by atoms with Crippen LogP contribution >= 0.6 is 0 Å². The van der Waals surface area contributed by atoms with Gasteiger partial charge in [0.05, 0.1) is 5.56 Å². The van der Waals surface area contributed by atoms with Crippen LogP contribution in [0.15, 0.2) is 30.3 Å². The van der Waals surface area contributed by atoms with E-state index < -0.39 is 23.2 Å². The number of benzene rings is 2. The van der Waals surface area contributed by atoms with Gasteiger partial charge in [0.1, 0.15) is 11.5 Å². The first-order chi connectivity index (χ1) is 9.40. The number of rotatable bonds is 2. The Hall–Kier alpha value is -2.43. The van der Waals surface area contributed by atoms with Crippen molar-refractivity contribution in [1.29, 1.82) is 0 Å². The number of hydrogen-bond acceptors (Lipinski definition) is 2. The Morgan fingerprint density at radius 1 is 1.15 bits per heavy atom. The summed E-state index contributed by atoms with van der Waals surface area (Å²) in [5, 5.41) is 2.23. The average Bonchev–Trinajstić information content (AvgIpc) is 2.41. The minimum Gasteiger partial charge on any atom is -0.398 e. The average molecular weight is 276 g/mol. The highest BCUT2D eigenvalue weighted by atomic mass is 19.1. The smallest absolute Gasteiger partial charge is 0.257 e. The SMILES string of the molecule is Cc1ccc(N)c(C(=O)Nc2c(F)ccc(C)c2F)c1. The third-order valence-corrected chi connectivity index (χ3v) is 2.98. The van der Waals surface area contributed by atoms with Gasteiger partial charge >= 0.3 is 0 Å². The normalized spacial score (nSPS) is 10.4. The lowest BCUT2D eigenvalue weighted by atomic mass is 10.1. The molecule has 0 unspecified atom stereocenters. The summed E-state index contributed by atoms with van der Waals surface area (Å²) >= 11 is 0. The third kappa shape index (κ3) is 2.61. The van der Waals surface area contributed by atoms with Crippen molar-refractivity contribution in [2.75, 3.05) is 11.1 Å². The highest BCUT2D eigenvalue weighted by Crippen LogP contribution is 2.23. The van der Waals surface area contributed by atoms with E-state index in [2.05, 4.69) is 5.32 Å². The maximum Gasteiger partial charge on any atom is 0.257 e. The van der Waals surface area contributed by atoms with Crippen LogP contribution in [0.4, 0.5) is 20.2 Å². The number of nitrogens with two attached hydrogens (primary N) is 1. The molecule has 0 aromatic heterocycles. The van der Waals surface area contributed by atoms with Crippen LogP contribution in [0.5, 0.6) is 0 Å². The number of nitrogens with one attached hydrogen (secondary N) is 1. The molecule has 0 saturated carbocycles. The molecule has 0 aliphatic heterocycles. The lowest BCUT2D eigenvalue weighted by Crippen LogP contribution is -2.16. The largest absolute Gasteiger partial charge is 0.398 e. The van der Waals surface area contributed by atoms with Crippen molar-refractivity contribution in [3.63, 3.8) is 0 Å². The van der Waals surface area contributed by atoms with E-state index in [0.29, 0.717) is 0 Å². The molecule has 0 aliphatic rings. The first kappa shape index (κ1) is 14.0. The van der Waals surface area contributed by atoms with E-state index in [9.17, 15) is 13.6 Å². The molecule has 2 rings (SSSR count). The van der Waals surface area contributed by atoms with Gasteiger partial charge in [-0.15, -0.1) is 0 Å². The highest BCUT2D eigenvalue weighted by molar-refractivity contribution is 6.08. The predicted molar refractivity (Wildman–Crippen MR) is 74.6 cm³/mol. The number of anilines is 2. The number of aryl methyl sites for hydroxylation is 2. The van der Waals surface area contributed by atoms with E-state index in [4.69, 9.17) is 5.73 Å². The summed E-state index contributed by atoms with van der Waals surface area (Å²) in [6, 6.07) is 7.30. The zero-order valence-electron chi connectivity index (χ0n) is 11.1. The summed E-state index contributed by atoms with van der Waals surface area (Å²) in [4.78, 5) is 12.1. The molecule has 0 heterocycles. The van der Waals surface area contributed by atoms with Crippen LogP contribution in [0, 0.1) is 25.5 Å². The molecule has 0 saturated heterocycles. The molecule has 104 valence electrons. The van der Waals surface area contributed by atoms with Crippen molar-refractivity contribution in [2.45, 2.75) is 13.8 Å². The fourth-order valence-corrected chi connectivity index (χ4v) is 1.82. The first-order valence-corrected chi connectivity index (χ1v) is 6.02.